The van der Waals surface area contributed by atoms with Crippen LogP contribution in [0.1, 0.15) is 69.0 Å². The molecule has 2 aliphatic rings. The lowest BCUT2D eigenvalue weighted by molar-refractivity contribution is 0.0930. The first-order chi connectivity index (χ1) is 10.6. The van der Waals surface area contributed by atoms with E-state index < -0.39 is 6.43 Å². The summed E-state index contributed by atoms with van der Waals surface area (Å²) in [5.74, 6) is 1.03. The molecule has 1 atom stereocenters. The molecule has 0 aliphatic heterocycles. The fourth-order valence-corrected chi connectivity index (χ4v) is 3.89. The number of halogens is 2. The molecule has 2 saturated carbocycles. The average Bonchev–Trinajstić information content (AvgIpc) is 3.04. The van der Waals surface area contributed by atoms with Gasteiger partial charge in [-0.3, -0.25) is 0 Å². The van der Waals surface area contributed by atoms with Crippen LogP contribution in [-0.2, 0) is 10.2 Å². The van der Waals surface area contributed by atoms with E-state index in [-0.39, 0.29) is 23.7 Å². The van der Waals surface area contributed by atoms with Crippen LogP contribution in [0.15, 0.2) is 4.52 Å². The number of nitrogens with zero attached hydrogens (tertiary/aromatic N) is 2. The van der Waals surface area contributed by atoms with Crippen molar-refractivity contribution in [3.63, 3.8) is 0 Å². The first-order valence-corrected chi connectivity index (χ1v) is 8.26. The van der Waals surface area contributed by atoms with Crippen LogP contribution in [0.5, 0.6) is 0 Å². The minimum absolute atomic E-state index is 0.177. The van der Waals surface area contributed by atoms with E-state index in [1.165, 1.54) is 0 Å². The van der Waals surface area contributed by atoms with Gasteiger partial charge in [0.2, 0.25) is 12.3 Å². The summed E-state index contributed by atoms with van der Waals surface area (Å²) in [5.41, 5.74) is -0.189. The van der Waals surface area contributed by atoms with Crippen LogP contribution in [0.4, 0.5) is 8.78 Å². The van der Waals surface area contributed by atoms with Gasteiger partial charge in [0, 0.05) is 19.4 Å². The lowest BCUT2D eigenvalue weighted by atomic mass is 9.74. The van der Waals surface area contributed by atoms with Gasteiger partial charge in [0.15, 0.2) is 5.82 Å². The van der Waals surface area contributed by atoms with Gasteiger partial charge in [0.05, 0.1) is 12.0 Å². The van der Waals surface area contributed by atoms with Crippen molar-refractivity contribution in [1.29, 1.82) is 0 Å². The highest BCUT2D eigenvalue weighted by Crippen LogP contribution is 2.44. The molecule has 1 heterocycles. The van der Waals surface area contributed by atoms with Gasteiger partial charge in [-0.05, 0) is 31.6 Å². The van der Waals surface area contributed by atoms with Gasteiger partial charge in [0.25, 0.3) is 0 Å². The van der Waals surface area contributed by atoms with Crippen molar-refractivity contribution in [2.75, 3.05) is 13.7 Å². The largest absolute Gasteiger partial charge is 0.384 e. The van der Waals surface area contributed by atoms with Crippen LogP contribution >= 0.6 is 0 Å². The Morgan fingerprint density at radius 2 is 2.00 bits per heavy atom. The van der Waals surface area contributed by atoms with Gasteiger partial charge in [0.1, 0.15) is 0 Å². The second kappa shape index (κ2) is 6.60. The Morgan fingerprint density at radius 1 is 1.27 bits per heavy atom. The van der Waals surface area contributed by atoms with Crippen LogP contribution in [0, 0.1) is 5.92 Å². The summed E-state index contributed by atoms with van der Waals surface area (Å²) < 4.78 is 36.5. The minimum Gasteiger partial charge on any atom is -0.384 e. The van der Waals surface area contributed by atoms with Crippen molar-refractivity contribution in [3.8, 4) is 0 Å². The number of hydrogen-bond donors (Lipinski definition) is 0. The lowest BCUT2D eigenvalue weighted by Crippen LogP contribution is -2.29. The fraction of sp³-hybridized carbons (Fsp3) is 0.875. The molecule has 0 amide bonds. The molecule has 2 aliphatic carbocycles. The van der Waals surface area contributed by atoms with Gasteiger partial charge in [-0.2, -0.15) is 4.98 Å². The van der Waals surface area contributed by atoms with Crippen molar-refractivity contribution in [1.82, 2.24) is 10.1 Å². The number of methoxy groups -OCH3 is 1. The molecule has 0 bridgehead atoms. The van der Waals surface area contributed by atoms with E-state index in [2.05, 4.69) is 10.1 Å². The number of rotatable bonds is 7. The van der Waals surface area contributed by atoms with Crippen molar-refractivity contribution in [3.05, 3.63) is 11.7 Å². The maximum atomic E-state index is 12.9. The molecule has 1 aromatic rings. The summed E-state index contributed by atoms with van der Waals surface area (Å²) in [5, 5.41) is 4.15. The monoisotopic (exact) mass is 314 g/mol. The van der Waals surface area contributed by atoms with E-state index in [4.69, 9.17) is 9.26 Å². The molecular formula is C16H24F2N2O2. The topological polar surface area (TPSA) is 48.2 Å². The Balaban J connectivity index is 1.81. The first kappa shape index (κ1) is 15.8. The second-order valence-electron chi connectivity index (χ2n) is 6.80. The van der Waals surface area contributed by atoms with E-state index >= 15 is 0 Å². The molecule has 22 heavy (non-hydrogen) atoms. The summed E-state index contributed by atoms with van der Waals surface area (Å²) in [4.78, 5) is 4.55. The zero-order valence-corrected chi connectivity index (χ0v) is 13.1. The summed E-state index contributed by atoms with van der Waals surface area (Å²) in [6.45, 7) is 0.564. The smallest absolute Gasteiger partial charge is 0.239 e. The highest BCUT2D eigenvalue weighted by molar-refractivity contribution is 5.12. The molecule has 124 valence electrons. The normalized spacial score (nSPS) is 22.9. The molecule has 3 rings (SSSR count). The molecule has 0 N–H and O–H groups in total. The summed E-state index contributed by atoms with van der Waals surface area (Å²) in [6, 6.07) is 0. The molecule has 6 heteroatoms. The summed E-state index contributed by atoms with van der Waals surface area (Å²) >= 11 is 0. The number of hydrogen-bond acceptors (Lipinski definition) is 4. The quantitative estimate of drug-likeness (QED) is 0.761. The Labute approximate surface area is 129 Å². The Kier molecular flexibility index (Phi) is 4.76. The second-order valence-corrected chi connectivity index (χ2v) is 6.80. The van der Waals surface area contributed by atoms with E-state index in [0.29, 0.717) is 18.3 Å². The van der Waals surface area contributed by atoms with Crippen molar-refractivity contribution < 1.29 is 18.0 Å². The predicted octanol–water partition coefficient (Wildman–Crippen LogP) is 4.07. The average molecular weight is 314 g/mol. The zero-order chi connectivity index (χ0) is 15.6. The zero-order valence-electron chi connectivity index (χ0n) is 13.1. The Bertz CT molecular complexity index is 482. The van der Waals surface area contributed by atoms with E-state index in [0.717, 1.165) is 44.9 Å². The van der Waals surface area contributed by atoms with Crippen LogP contribution in [-0.4, -0.2) is 30.3 Å². The highest BCUT2D eigenvalue weighted by atomic mass is 19.3. The van der Waals surface area contributed by atoms with E-state index in [1.807, 2.05) is 0 Å². The SMILES string of the molecule is COCC1(c2noc(C(CC(F)F)C3CCC3)n2)CCCC1. The van der Waals surface area contributed by atoms with Crippen LogP contribution in [0.3, 0.4) is 0 Å². The first-order valence-electron chi connectivity index (χ1n) is 8.26. The molecule has 1 unspecified atom stereocenters. The molecule has 0 aromatic carbocycles. The van der Waals surface area contributed by atoms with Gasteiger partial charge in [-0.15, -0.1) is 0 Å². The number of ether oxygens (including phenoxy) is 1. The van der Waals surface area contributed by atoms with Gasteiger partial charge in [-0.1, -0.05) is 24.4 Å². The number of aromatic nitrogens is 2. The maximum Gasteiger partial charge on any atom is 0.239 e. The maximum absolute atomic E-state index is 12.9. The van der Waals surface area contributed by atoms with E-state index in [1.54, 1.807) is 7.11 Å². The van der Waals surface area contributed by atoms with Gasteiger partial charge in [-0.25, -0.2) is 8.78 Å². The lowest BCUT2D eigenvalue weighted by Gasteiger charge is -2.31. The third-order valence-corrected chi connectivity index (χ3v) is 5.37. The number of alkyl halides is 2. The summed E-state index contributed by atoms with van der Waals surface area (Å²) in [6.07, 6.45) is 4.76. The van der Waals surface area contributed by atoms with Crippen LogP contribution in [0.2, 0.25) is 0 Å². The molecule has 0 radical (unpaired) electrons. The molecule has 4 nitrogen and oxygen atoms in total. The molecule has 2 fully saturated rings. The Morgan fingerprint density at radius 3 is 2.55 bits per heavy atom. The standard InChI is InChI=1S/C16H24F2N2O2/c1-21-10-16(7-2-3-8-16)15-19-14(22-20-15)12(9-13(17)18)11-5-4-6-11/h11-13H,2-10H2,1H3. The molecular weight excluding hydrogens is 290 g/mol. The van der Waals surface area contributed by atoms with E-state index in [9.17, 15) is 8.78 Å². The van der Waals surface area contributed by atoms with Crippen molar-refractivity contribution in [2.24, 2.45) is 5.92 Å². The van der Waals surface area contributed by atoms with Gasteiger partial charge < -0.3 is 9.26 Å². The van der Waals surface area contributed by atoms with Crippen molar-refractivity contribution in [2.45, 2.75) is 69.1 Å². The third kappa shape index (κ3) is 3.03. The fourth-order valence-electron chi connectivity index (χ4n) is 3.89. The van der Waals surface area contributed by atoms with Crippen molar-refractivity contribution >= 4 is 0 Å². The molecule has 0 saturated heterocycles. The predicted molar refractivity (Wildman–Crippen MR) is 77.0 cm³/mol. The molecule has 1 aromatic heterocycles. The van der Waals surface area contributed by atoms with Gasteiger partial charge >= 0.3 is 0 Å². The highest BCUT2D eigenvalue weighted by Gasteiger charge is 2.42. The molecule has 0 spiro atoms. The van der Waals surface area contributed by atoms with Crippen LogP contribution < -0.4 is 0 Å². The summed E-state index contributed by atoms with van der Waals surface area (Å²) in [7, 11) is 1.68. The Hall–Kier alpha value is -1.04. The van der Waals surface area contributed by atoms with Crippen LogP contribution in [0.25, 0.3) is 0 Å². The third-order valence-electron chi connectivity index (χ3n) is 5.37. The minimum atomic E-state index is -2.33.